The largest absolute Gasteiger partial charge is 0.510 e. The third-order valence-electron chi connectivity index (χ3n) is 8.21. The number of hydrogen-bond donors (Lipinski definition) is 8. The number of carbonyl (C=O) groups is 2. The van der Waals surface area contributed by atoms with Crippen molar-refractivity contribution in [2.45, 2.75) is 29.8 Å². The summed E-state index contributed by atoms with van der Waals surface area (Å²) in [7, 11) is -9.73. The highest BCUT2D eigenvalue weighted by atomic mass is 35.5. The van der Waals surface area contributed by atoms with E-state index in [0.29, 0.717) is 23.5 Å². The summed E-state index contributed by atoms with van der Waals surface area (Å²) in [5.41, 5.74) is -2.08. The van der Waals surface area contributed by atoms with Crippen molar-refractivity contribution in [3.63, 3.8) is 0 Å². The Morgan fingerprint density at radius 1 is 1.08 bits per heavy atom. The van der Waals surface area contributed by atoms with Crippen LogP contribution in [0.15, 0.2) is 87.6 Å². The lowest BCUT2D eigenvalue weighted by atomic mass is 10.0. The summed E-state index contributed by atoms with van der Waals surface area (Å²) in [6.07, 6.45) is -0.221. The number of nitriles is 1. The zero-order valence-corrected chi connectivity index (χ0v) is 35.9. The average Bonchev–Trinajstić information content (AvgIpc) is 3.69. The predicted molar refractivity (Wildman–Crippen MR) is 221 cm³/mol. The summed E-state index contributed by atoms with van der Waals surface area (Å²) in [5, 5.41) is 52.1. The van der Waals surface area contributed by atoms with Gasteiger partial charge in [-0.2, -0.15) is 23.2 Å². The molecule has 4 rings (SSSR count). The number of ether oxygens (including phenoxy) is 2. The van der Waals surface area contributed by atoms with Crippen molar-refractivity contribution in [3.8, 4) is 23.3 Å². The summed E-state index contributed by atoms with van der Waals surface area (Å²) in [6.45, 7) is 0.127. The molecule has 2 amide bonds. The van der Waals surface area contributed by atoms with E-state index in [1.165, 1.54) is 42.5 Å². The highest BCUT2D eigenvalue weighted by Crippen LogP contribution is 2.51. The zero-order valence-electron chi connectivity index (χ0n) is 31.9. The number of alkyl halides is 3. The number of hydrogen-bond acceptors (Lipinski definition) is 14. The van der Waals surface area contributed by atoms with E-state index < -0.39 is 75.7 Å². The van der Waals surface area contributed by atoms with Gasteiger partial charge in [0.25, 0.3) is 15.9 Å². The number of halogens is 5. The number of amides is 2. The standard InChI is InChI=1S/C37H36Cl2F3N4O13PS2/c1-2-23(48)6-3-20(9-12-47)35(51)44-10-14-58-33-31(39)34-25(30(38)32(33)57-13-11-45-36(52)21-5-8-27(49)28(50)15-21)17-29(61-34)62(55,56)46-19-60(53,54)59-24-7-4-22(18-43)26(16-24)37(40,41)42/h2-9,16-17,28,46-50H,10-15,19H2,1H3,(H,44,51)(H,45,52)(H,53,54)/b6-3-,20-9+,23-2-. The van der Waals surface area contributed by atoms with Gasteiger partial charge in [0.15, 0.2) is 11.5 Å². The summed E-state index contributed by atoms with van der Waals surface area (Å²) in [4.78, 5) is 35.8. The van der Waals surface area contributed by atoms with Gasteiger partial charge in [-0.1, -0.05) is 29.3 Å². The fourth-order valence-corrected chi connectivity index (χ4v) is 9.82. The summed E-state index contributed by atoms with van der Waals surface area (Å²) in [6, 6.07) is 4.25. The number of aliphatic hydroxyl groups is 4. The number of carbonyl (C=O) groups excluding carboxylic acids is 2. The first-order chi connectivity index (χ1) is 29.1. The van der Waals surface area contributed by atoms with Crippen LogP contribution in [-0.2, 0) is 30.4 Å². The average molecular weight is 968 g/mol. The van der Waals surface area contributed by atoms with Gasteiger partial charge in [0.1, 0.15) is 52.1 Å². The molecular formula is C37H36Cl2F3N4O13PS2. The van der Waals surface area contributed by atoms with Gasteiger partial charge in [-0.3, -0.25) is 9.59 Å². The number of allylic oxidation sites excluding steroid dienone is 4. The Balaban J connectivity index is 1.57. The van der Waals surface area contributed by atoms with Crippen molar-refractivity contribution in [3.05, 3.63) is 105 Å². The van der Waals surface area contributed by atoms with Crippen LogP contribution in [-0.4, -0.2) is 90.9 Å². The molecule has 0 saturated carbocycles. The molecule has 334 valence electrons. The maximum Gasteiger partial charge on any atom is 0.417 e. The lowest BCUT2D eigenvalue weighted by Crippen LogP contribution is -2.31. The Labute approximate surface area is 365 Å². The maximum absolute atomic E-state index is 13.4. The second kappa shape index (κ2) is 21.3. The van der Waals surface area contributed by atoms with E-state index in [1.54, 1.807) is 6.92 Å². The summed E-state index contributed by atoms with van der Waals surface area (Å²) in [5.74, 6) is -2.95. The molecule has 2 unspecified atom stereocenters. The monoisotopic (exact) mass is 966 g/mol. The van der Waals surface area contributed by atoms with Crippen LogP contribution in [0.2, 0.25) is 10.0 Å². The van der Waals surface area contributed by atoms with Crippen molar-refractivity contribution in [1.29, 1.82) is 5.26 Å². The molecule has 1 aliphatic rings. The van der Waals surface area contributed by atoms with E-state index in [9.17, 15) is 61.1 Å². The number of rotatable bonds is 19. The molecule has 25 heteroatoms. The number of nitrogens with one attached hydrogen (secondary N) is 3. The fourth-order valence-electron chi connectivity index (χ4n) is 5.16. The molecule has 0 saturated heterocycles. The Hall–Kier alpha value is -5.08. The second-order valence-corrected chi connectivity index (χ2v) is 18.1. The van der Waals surface area contributed by atoms with Crippen LogP contribution in [0.25, 0.3) is 10.1 Å². The first-order valence-corrected chi connectivity index (χ1v) is 22.4. The molecule has 8 N–H and O–H groups in total. The minimum Gasteiger partial charge on any atom is -0.510 e. The molecule has 0 aliphatic heterocycles. The van der Waals surface area contributed by atoms with Crippen LogP contribution in [0.5, 0.6) is 17.2 Å². The van der Waals surface area contributed by atoms with Gasteiger partial charge >= 0.3 is 13.8 Å². The third-order valence-corrected chi connectivity index (χ3v) is 13.3. The number of aliphatic hydroxyl groups excluding tert-OH is 4. The van der Waals surface area contributed by atoms with Gasteiger partial charge in [-0.15, -0.1) is 11.3 Å². The number of sulfonamides is 1. The topological polar surface area (TPSA) is 274 Å². The highest BCUT2D eigenvalue weighted by molar-refractivity contribution is 7.92. The lowest BCUT2D eigenvalue weighted by Gasteiger charge is -2.18. The van der Waals surface area contributed by atoms with Gasteiger partial charge in [0, 0.05) is 23.0 Å². The molecule has 0 spiro atoms. The van der Waals surface area contributed by atoms with E-state index >= 15 is 0 Å². The maximum atomic E-state index is 13.4. The molecule has 17 nitrogen and oxygen atoms in total. The van der Waals surface area contributed by atoms with Crippen LogP contribution in [0.4, 0.5) is 13.2 Å². The summed E-state index contributed by atoms with van der Waals surface area (Å²) >= 11 is 14.0. The van der Waals surface area contributed by atoms with E-state index in [0.717, 1.165) is 12.1 Å². The van der Waals surface area contributed by atoms with Gasteiger partial charge in [0.05, 0.1) is 46.6 Å². The molecule has 2 aromatic carbocycles. The first-order valence-electron chi connectivity index (χ1n) is 17.6. The molecule has 0 fully saturated rings. The molecule has 1 aromatic heterocycles. The zero-order chi connectivity index (χ0) is 46.0. The Kier molecular flexibility index (Phi) is 17.1. The summed E-state index contributed by atoms with van der Waals surface area (Å²) < 4.78 is 97.7. The third kappa shape index (κ3) is 13.0. The molecule has 1 heterocycles. The minimum absolute atomic E-state index is 0.00400. The number of nitrogens with zero attached hydrogens (tertiary/aromatic N) is 1. The smallest absolute Gasteiger partial charge is 0.417 e. The Bertz CT molecular complexity index is 2570. The first kappa shape index (κ1) is 49.6. The van der Waals surface area contributed by atoms with Crippen LogP contribution in [0, 0.1) is 11.3 Å². The Morgan fingerprint density at radius 2 is 1.74 bits per heavy atom. The van der Waals surface area contributed by atoms with Crippen LogP contribution >= 0.6 is 42.1 Å². The number of fused-ring (bicyclic) bond motifs is 1. The number of benzene rings is 2. The fraction of sp³-hybridized carbons (Fsp3) is 0.270. The van der Waals surface area contributed by atoms with Gasteiger partial charge in [0.2, 0.25) is 5.91 Å². The van der Waals surface area contributed by atoms with Crippen molar-refractivity contribution >= 4 is 74.1 Å². The van der Waals surface area contributed by atoms with E-state index in [1.807, 2.05) is 4.72 Å². The Morgan fingerprint density at radius 3 is 2.35 bits per heavy atom. The number of thiophene rings is 1. The molecule has 0 bridgehead atoms. The SMILES string of the molecule is C/C=C(O)/C=C\C(=C/CO)C(=O)NCCOc1c(OCCNC(=O)C2=CC=C(O)C(O)C2)c(Cl)c2cc(S(=O)(=O)NCP(=O)(O)Oc3ccc(C#N)c(C(F)(F)F)c3)sc2c1Cl. The van der Waals surface area contributed by atoms with E-state index in [2.05, 4.69) is 10.6 Å². The van der Waals surface area contributed by atoms with Crippen molar-refractivity contribution in [1.82, 2.24) is 15.4 Å². The minimum atomic E-state index is -5.03. The lowest BCUT2D eigenvalue weighted by molar-refractivity contribution is -0.137. The van der Waals surface area contributed by atoms with Crippen LogP contribution in [0.3, 0.4) is 0 Å². The van der Waals surface area contributed by atoms with Crippen molar-refractivity contribution in [2.24, 2.45) is 0 Å². The van der Waals surface area contributed by atoms with Gasteiger partial charge in [-0.25, -0.2) is 13.0 Å². The second-order valence-electron chi connectivity index (χ2n) is 12.5. The molecule has 62 heavy (non-hydrogen) atoms. The quantitative estimate of drug-likeness (QED) is 0.0237. The van der Waals surface area contributed by atoms with Crippen LogP contribution in [0.1, 0.15) is 24.5 Å². The van der Waals surface area contributed by atoms with Crippen molar-refractivity contribution in [2.75, 3.05) is 39.2 Å². The highest BCUT2D eigenvalue weighted by Gasteiger charge is 2.35. The molecular weight excluding hydrogens is 931 g/mol. The van der Waals surface area contributed by atoms with Gasteiger partial charge < -0.3 is 50.0 Å². The van der Waals surface area contributed by atoms with Crippen molar-refractivity contribution < 1.29 is 75.1 Å². The van der Waals surface area contributed by atoms with E-state index in [4.69, 9.17) is 42.5 Å². The molecule has 1 aliphatic carbocycles. The van der Waals surface area contributed by atoms with E-state index in [-0.39, 0.29) is 87.0 Å². The molecule has 2 atom stereocenters. The predicted octanol–water partition coefficient (Wildman–Crippen LogP) is 5.66. The van der Waals surface area contributed by atoms with Crippen LogP contribution < -0.4 is 29.4 Å². The molecule has 3 aromatic rings. The van der Waals surface area contributed by atoms with Gasteiger partial charge in [-0.05, 0) is 61.6 Å². The normalized spacial score (nSPS) is 16.0. The molecule has 0 radical (unpaired) electrons.